The number of aromatic nitrogens is 4. The zero-order valence-corrected chi connectivity index (χ0v) is 14.8. The Morgan fingerprint density at radius 1 is 1.00 bits per heavy atom. The van der Waals surface area contributed by atoms with Crippen molar-refractivity contribution in [3.8, 4) is 5.82 Å². The maximum absolute atomic E-state index is 12.3. The first kappa shape index (κ1) is 16.5. The van der Waals surface area contributed by atoms with Gasteiger partial charge in [-0.2, -0.15) is 0 Å². The van der Waals surface area contributed by atoms with E-state index in [1.807, 2.05) is 29.8 Å². The lowest BCUT2D eigenvalue weighted by Crippen LogP contribution is -2.31. The number of carbonyl (C=O) groups excluding carboxylic acids is 2. The molecule has 0 bridgehead atoms. The maximum Gasteiger partial charge on any atom is 0.261 e. The molecule has 0 spiro atoms. The van der Waals surface area contributed by atoms with E-state index in [-0.39, 0.29) is 11.8 Å². The molecule has 130 valence electrons. The van der Waals surface area contributed by atoms with Crippen LogP contribution in [0.25, 0.3) is 5.82 Å². The first-order valence-electron chi connectivity index (χ1n) is 8.07. The average Bonchev–Trinajstić information content (AvgIpc) is 3.19. The summed E-state index contributed by atoms with van der Waals surface area (Å²) in [5.41, 5.74) is 0.949. The molecule has 0 fully saturated rings. The Hall–Kier alpha value is -3.00. The van der Waals surface area contributed by atoms with Gasteiger partial charge in [-0.05, 0) is 31.2 Å². The molecule has 26 heavy (non-hydrogen) atoms. The fourth-order valence-corrected chi connectivity index (χ4v) is 3.57. The van der Waals surface area contributed by atoms with E-state index < -0.39 is 0 Å². The Labute approximate surface area is 154 Å². The molecule has 0 atom stereocenters. The highest BCUT2D eigenvalue weighted by Gasteiger charge is 2.34. The Balaban J connectivity index is 1.38. The average molecular weight is 365 g/mol. The largest absolute Gasteiger partial charge is 0.287 e. The summed E-state index contributed by atoms with van der Waals surface area (Å²) in [6.07, 6.45) is 3.54. The summed E-state index contributed by atoms with van der Waals surface area (Å²) < 4.78 is 1.85. The van der Waals surface area contributed by atoms with E-state index in [1.54, 1.807) is 30.5 Å². The summed E-state index contributed by atoms with van der Waals surface area (Å²) in [6.45, 7) is 2.23. The molecular formula is C18H15N5O2S. The number of aryl methyl sites for hydroxylation is 1. The summed E-state index contributed by atoms with van der Waals surface area (Å²) in [4.78, 5) is 30.1. The number of hydrogen-bond donors (Lipinski definition) is 0. The van der Waals surface area contributed by atoms with Crippen molar-refractivity contribution < 1.29 is 9.59 Å². The minimum atomic E-state index is -0.233. The second-order valence-electron chi connectivity index (χ2n) is 5.73. The van der Waals surface area contributed by atoms with Crippen LogP contribution < -0.4 is 0 Å². The van der Waals surface area contributed by atoms with E-state index >= 15 is 0 Å². The Morgan fingerprint density at radius 3 is 2.31 bits per heavy atom. The van der Waals surface area contributed by atoms with Crippen molar-refractivity contribution in [3.05, 3.63) is 65.7 Å². The number of rotatable bonds is 5. The van der Waals surface area contributed by atoms with Crippen LogP contribution in [0.3, 0.4) is 0 Å². The van der Waals surface area contributed by atoms with Gasteiger partial charge in [0.15, 0.2) is 5.82 Å². The Kier molecular flexibility index (Phi) is 4.26. The summed E-state index contributed by atoms with van der Waals surface area (Å²) >= 11 is 1.46. The van der Waals surface area contributed by atoms with Gasteiger partial charge in [-0.25, -0.2) is 4.98 Å². The molecule has 0 radical (unpaired) electrons. The fourth-order valence-electron chi connectivity index (χ4n) is 2.82. The number of imidazole rings is 1. The van der Waals surface area contributed by atoms with Gasteiger partial charge in [0.05, 0.1) is 11.1 Å². The smallest absolute Gasteiger partial charge is 0.261 e. The minimum Gasteiger partial charge on any atom is -0.287 e. The minimum absolute atomic E-state index is 0.233. The molecule has 1 aliphatic heterocycles. The first-order chi connectivity index (χ1) is 12.6. The lowest BCUT2D eigenvalue weighted by Gasteiger charge is -2.13. The van der Waals surface area contributed by atoms with Gasteiger partial charge in [0, 0.05) is 24.7 Å². The Bertz CT molecular complexity index is 948. The quantitative estimate of drug-likeness (QED) is 0.510. The van der Waals surface area contributed by atoms with Gasteiger partial charge in [-0.15, -0.1) is 22.0 Å². The predicted molar refractivity (Wildman–Crippen MR) is 96.4 cm³/mol. The molecule has 2 aromatic heterocycles. The zero-order chi connectivity index (χ0) is 18.1. The molecule has 0 unspecified atom stereocenters. The van der Waals surface area contributed by atoms with E-state index in [0.29, 0.717) is 29.2 Å². The first-order valence-corrected chi connectivity index (χ1v) is 9.06. The SMILES string of the molecule is Cc1nccn1-c1ccc(SCCN2C(=O)c3ccccc3C2=O)nn1. The molecule has 2 amide bonds. The highest BCUT2D eigenvalue weighted by molar-refractivity contribution is 7.99. The molecule has 0 saturated carbocycles. The standard InChI is InChI=1S/C18H15N5O2S/c1-12-19-8-9-22(12)15-6-7-16(21-20-15)26-11-10-23-17(24)13-4-2-3-5-14(13)18(23)25/h2-9H,10-11H2,1H3. The molecule has 0 aliphatic carbocycles. The molecule has 0 N–H and O–H groups in total. The van der Waals surface area contributed by atoms with Gasteiger partial charge in [0.1, 0.15) is 10.9 Å². The van der Waals surface area contributed by atoms with Gasteiger partial charge in [0.25, 0.3) is 11.8 Å². The van der Waals surface area contributed by atoms with E-state index in [4.69, 9.17) is 0 Å². The number of nitrogens with zero attached hydrogens (tertiary/aromatic N) is 5. The van der Waals surface area contributed by atoms with Crippen LogP contribution in [0, 0.1) is 6.92 Å². The van der Waals surface area contributed by atoms with Crippen LogP contribution in [-0.4, -0.2) is 48.8 Å². The molecule has 1 aliphatic rings. The number of fused-ring (bicyclic) bond motifs is 1. The van der Waals surface area contributed by atoms with Crippen LogP contribution in [0.15, 0.2) is 53.8 Å². The number of hydrogen-bond acceptors (Lipinski definition) is 6. The van der Waals surface area contributed by atoms with Gasteiger partial charge in [-0.3, -0.25) is 19.1 Å². The summed E-state index contributed by atoms with van der Waals surface area (Å²) in [5.74, 6) is 1.63. The fraction of sp³-hybridized carbons (Fsp3) is 0.167. The number of benzene rings is 1. The molecule has 8 heteroatoms. The third kappa shape index (κ3) is 2.88. The van der Waals surface area contributed by atoms with Crippen molar-refractivity contribution in [2.24, 2.45) is 0 Å². The van der Waals surface area contributed by atoms with Crippen molar-refractivity contribution in [3.63, 3.8) is 0 Å². The van der Waals surface area contributed by atoms with Crippen LogP contribution in [0.1, 0.15) is 26.5 Å². The van der Waals surface area contributed by atoms with Crippen LogP contribution in [0.4, 0.5) is 0 Å². The van der Waals surface area contributed by atoms with E-state index in [0.717, 1.165) is 10.9 Å². The number of thioether (sulfide) groups is 1. The normalized spacial score (nSPS) is 13.3. The second kappa shape index (κ2) is 6.72. The third-order valence-electron chi connectivity index (χ3n) is 4.14. The number of imide groups is 1. The summed E-state index contributed by atoms with van der Waals surface area (Å²) in [7, 11) is 0. The van der Waals surface area contributed by atoms with Crippen molar-refractivity contribution in [2.75, 3.05) is 12.3 Å². The highest BCUT2D eigenvalue weighted by Crippen LogP contribution is 2.23. The summed E-state index contributed by atoms with van der Waals surface area (Å²) in [6, 6.07) is 10.6. The molecule has 3 heterocycles. The lowest BCUT2D eigenvalue weighted by molar-refractivity contribution is 0.0664. The van der Waals surface area contributed by atoms with E-state index in [2.05, 4.69) is 15.2 Å². The second-order valence-corrected chi connectivity index (χ2v) is 6.85. The lowest BCUT2D eigenvalue weighted by atomic mass is 10.1. The monoisotopic (exact) mass is 365 g/mol. The highest BCUT2D eigenvalue weighted by atomic mass is 32.2. The molecule has 1 aromatic carbocycles. The van der Waals surface area contributed by atoms with E-state index in [9.17, 15) is 9.59 Å². The molecule has 7 nitrogen and oxygen atoms in total. The van der Waals surface area contributed by atoms with Crippen LogP contribution in [0.2, 0.25) is 0 Å². The van der Waals surface area contributed by atoms with Gasteiger partial charge >= 0.3 is 0 Å². The van der Waals surface area contributed by atoms with E-state index in [1.165, 1.54) is 16.7 Å². The van der Waals surface area contributed by atoms with Crippen molar-refractivity contribution in [2.45, 2.75) is 11.9 Å². The van der Waals surface area contributed by atoms with Crippen LogP contribution >= 0.6 is 11.8 Å². The van der Waals surface area contributed by atoms with Gasteiger partial charge in [0.2, 0.25) is 0 Å². The number of amides is 2. The van der Waals surface area contributed by atoms with Crippen molar-refractivity contribution in [1.82, 2.24) is 24.6 Å². The van der Waals surface area contributed by atoms with Crippen LogP contribution in [-0.2, 0) is 0 Å². The third-order valence-corrected chi connectivity index (χ3v) is 5.04. The molecular weight excluding hydrogens is 350 g/mol. The molecule has 0 saturated heterocycles. The zero-order valence-electron chi connectivity index (χ0n) is 14.0. The summed E-state index contributed by atoms with van der Waals surface area (Å²) in [5, 5.41) is 9.13. The number of carbonyl (C=O) groups is 2. The Morgan fingerprint density at radius 2 is 1.73 bits per heavy atom. The topological polar surface area (TPSA) is 81.0 Å². The van der Waals surface area contributed by atoms with Gasteiger partial charge in [-0.1, -0.05) is 12.1 Å². The molecule has 3 aromatic rings. The maximum atomic E-state index is 12.3. The van der Waals surface area contributed by atoms with Crippen LogP contribution in [0.5, 0.6) is 0 Å². The van der Waals surface area contributed by atoms with Gasteiger partial charge < -0.3 is 0 Å². The van der Waals surface area contributed by atoms with Crippen molar-refractivity contribution >= 4 is 23.6 Å². The predicted octanol–water partition coefficient (Wildman–Crippen LogP) is 2.36. The van der Waals surface area contributed by atoms with Crippen molar-refractivity contribution in [1.29, 1.82) is 0 Å². The molecule has 4 rings (SSSR count).